The molecule has 8 heteroatoms. The Morgan fingerprint density at radius 3 is 1.76 bits per heavy atom. The Hall–Kier alpha value is -5.11. The Bertz CT molecular complexity index is 1440. The number of carbonyl (C=O) groups is 3. The van der Waals surface area contributed by atoms with Gasteiger partial charge in [0.2, 0.25) is 0 Å². The largest absolute Gasteiger partial charge is 0.462 e. The molecule has 0 aliphatic carbocycles. The fourth-order valence-electron chi connectivity index (χ4n) is 2.84. The van der Waals surface area contributed by atoms with Gasteiger partial charge in [0.25, 0.3) is 0 Å². The minimum absolute atomic E-state index is 0.0338. The minimum atomic E-state index is -0.666. The van der Waals surface area contributed by atoms with Crippen LogP contribution in [-0.4, -0.2) is 17.9 Å². The predicted octanol–water partition coefficient (Wildman–Crippen LogP) is 6.55. The fourth-order valence-corrected chi connectivity index (χ4v) is 2.84. The number of ether oxygens (including phenoxy) is 4. The van der Waals surface area contributed by atoms with Crippen molar-refractivity contribution in [2.45, 2.75) is 20.8 Å². The molecule has 0 aliphatic heterocycles. The van der Waals surface area contributed by atoms with Gasteiger partial charge in [0, 0.05) is 27.8 Å². The van der Waals surface area contributed by atoms with Crippen molar-refractivity contribution in [3.05, 3.63) is 104 Å². The van der Waals surface area contributed by atoms with Gasteiger partial charge < -0.3 is 23.4 Å². The van der Waals surface area contributed by atoms with Gasteiger partial charge in [0.1, 0.15) is 29.8 Å². The van der Waals surface area contributed by atoms with Crippen molar-refractivity contribution in [3.63, 3.8) is 0 Å². The molecule has 0 aliphatic rings. The van der Waals surface area contributed by atoms with E-state index in [0.29, 0.717) is 22.8 Å². The number of furan rings is 1. The van der Waals surface area contributed by atoms with Crippen LogP contribution < -0.4 is 14.2 Å². The van der Waals surface area contributed by atoms with Gasteiger partial charge >= 0.3 is 17.9 Å². The summed E-state index contributed by atoms with van der Waals surface area (Å²) in [7, 11) is 0. The Balaban J connectivity index is 1.78. The summed E-state index contributed by atoms with van der Waals surface area (Å²) in [4.78, 5) is 35.5. The van der Waals surface area contributed by atoms with E-state index in [-0.39, 0.29) is 28.2 Å². The molecule has 0 saturated carbocycles. The van der Waals surface area contributed by atoms with Crippen LogP contribution in [0.2, 0.25) is 0 Å². The SMILES string of the molecule is C=C(C)C(=O)OC=COc1ccc(-c2ccc(-c3ccc(OC(=O)C(=C)C)c(OC(=O)C(=C)C)c3)o2)cc1. The van der Waals surface area contributed by atoms with E-state index < -0.39 is 17.9 Å². The second kappa shape index (κ2) is 12.2. The van der Waals surface area contributed by atoms with Gasteiger partial charge in [-0.15, -0.1) is 0 Å². The maximum atomic E-state index is 12.1. The average Bonchev–Trinajstić information content (AvgIpc) is 3.38. The van der Waals surface area contributed by atoms with Crippen molar-refractivity contribution in [2.24, 2.45) is 0 Å². The van der Waals surface area contributed by atoms with Crippen molar-refractivity contribution >= 4 is 17.9 Å². The molecule has 0 bridgehead atoms. The van der Waals surface area contributed by atoms with Crippen LogP contribution in [0.3, 0.4) is 0 Å². The molecule has 2 aromatic carbocycles. The first-order chi connectivity index (χ1) is 18.0. The number of benzene rings is 2. The third-order valence-electron chi connectivity index (χ3n) is 4.86. The molecule has 0 fully saturated rings. The second-order valence-electron chi connectivity index (χ2n) is 8.27. The van der Waals surface area contributed by atoms with Gasteiger partial charge in [0.15, 0.2) is 11.5 Å². The highest BCUT2D eigenvalue weighted by atomic mass is 16.6. The smallest absolute Gasteiger partial charge is 0.338 e. The summed E-state index contributed by atoms with van der Waals surface area (Å²) in [5.41, 5.74) is 2.03. The van der Waals surface area contributed by atoms with Crippen molar-refractivity contribution in [1.82, 2.24) is 0 Å². The monoisotopic (exact) mass is 514 g/mol. The molecule has 0 N–H and O–H groups in total. The Morgan fingerprint density at radius 1 is 0.658 bits per heavy atom. The van der Waals surface area contributed by atoms with Crippen LogP contribution in [0.1, 0.15) is 20.8 Å². The maximum Gasteiger partial charge on any atom is 0.338 e. The summed E-state index contributed by atoms with van der Waals surface area (Å²) in [6.45, 7) is 15.2. The highest BCUT2D eigenvalue weighted by molar-refractivity contribution is 5.91. The van der Waals surface area contributed by atoms with E-state index in [0.717, 1.165) is 11.8 Å². The molecule has 0 spiro atoms. The van der Waals surface area contributed by atoms with E-state index in [4.69, 9.17) is 23.4 Å². The van der Waals surface area contributed by atoms with E-state index >= 15 is 0 Å². The second-order valence-corrected chi connectivity index (χ2v) is 8.27. The zero-order valence-electron chi connectivity index (χ0n) is 21.2. The molecule has 3 aromatic rings. The first-order valence-corrected chi connectivity index (χ1v) is 11.3. The summed E-state index contributed by atoms with van der Waals surface area (Å²) in [5, 5.41) is 0. The van der Waals surface area contributed by atoms with Crippen LogP contribution in [0.25, 0.3) is 22.6 Å². The summed E-state index contributed by atoms with van der Waals surface area (Å²) in [5.74, 6) is -0.176. The number of carbonyl (C=O) groups excluding carboxylic acids is 3. The number of esters is 3. The lowest BCUT2D eigenvalue weighted by Gasteiger charge is -2.12. The lowest BCUT2D eigenvalue weighted by molar-refractivity contribution is -0.133. The normalized spacial score (nSPS) is 10.5. The highest BCUT2D eigenvalue weighted by Crippen LogP contribution is 2.36. The fraction of sp³-hybridized carbons (Fsp3) is 0.100. The van der Waals surface area contributed by atoms with Gasteiger partial charge in [0.05, 0.1) is 0 Å². The lowest BCUT2D eigenvalue weighted by Crippen LogP contribution is -2.12. The van der Waals surface area contributed by atoms with E-state index in [1.807, 2.05) is 0 Å². The first kappa shape index (κ1) is 27.5. The summed E-state index contributed by atoms with van der Waals surface area (Å²) in [6, 6.07) is 15.3. The van der Waals surface area contributed by atoms with Crippen LogP contribution in [0.15, 0.2) is 108 Å². The Morgan fingerprint density at radius 2 is 1.18 bits per heavy atom. The van der Waals surface area contributed by atoms with E-state index in [1.165, 1.54) is 32.2 Å². The van der Waals surface area contributed by atoms with Crippen LogP contribution >= 0.6 is 0 Å². The van der Waals surface area contributed by atoms with Gasteiger partial charge in [-0.2, -0.15) is 0 Å². The molecular weight excluding hydrogens is 488 g/mol. The molecule has 38 heavy (non-hydrogen) atoms. The molecule has 194 valence electrons. The first-order valence-electron chi connectivity index (χ1n) is 11.3. The van der Waals surface area contributed by atoms with E-state index in [9.17, 15) is 14.4 Å². The standard InChI is InChI=1S/C30H26O8/c1-18(2)28(31)35-16-15-34-23-10-7-21(8-11-23)24-13-14-25(36-24)22-9-12-26(37-29(32)19(3)4)27(17-22)38-30(33)20(5)6/h7-17H,1,3,5H2,2,4,6H3. The molecule has 0 radical (unpaired) electrons. The van der Waals surface area contributed by atoms with Crippen LogP contribution in [0.5, 0.6) is 17.2 Å². The summed E-state index contributed by atoms with van der Waals surface area (Å²) >= 11 is 0. The molecule has 1 aromatic heterocycles. The molecular formula is C30H26O8. The Labute approximate surface area is 220 Å². The van der Waals surface area contributed by atoms with Gasteiger partial charge in [-0.25, -0.2) is 14.4 Å². The third kappa shape index (κ3) is 7.20. The van der Waals surface area contributed by atoms with Crippen molar-refractivity contribution < 1.29 is 37.7 Å². The van der Waals surface area contributed by atoms with E-state index in [2.05, 4.69) is 19.7 Å². The molecule has 0 saturated heterocycles. The van der Waals surface area contributed by atoms with Gasteiger partial charge in [-0.3, -0.25) is 0 Å². The molecule has 0 unspecified atom stereocenters. The van der Waals surface area contributed by atoms with Gasteiger partial charge in [-0.1, -0.05) is 19.7 Å². The maximum absolute atomic E-state index is 12.1. The van der Waals surface area contributed by atoms with Crippen molar-refractivity contribution in [1.29, 1.82) is 0 Å². The van der Waals surface area contributed by atoms with Crippen LogP contribution in [0, 0.1) is 0 Å². The minimum Gasteiger partial charge on any atom is -0.462 e. The zero-order valence-corrected chi connectivity index (χ0v) is 21.2. The molecule has 1 heterocycles. The molecule has 3 rings (SSSR count). The van der Waals surface area contributed by atoms with Gasteiger partial charge in [-0.05, 0) is 75.4 Å². The number of hydrogen-bond donors (Lipinski definition) is 0. The lowest BCUT2D eigenvalue weighted by atomic mass is 10.1. The average molecular weight is 515 g/mol. The third-order valence-corrected chi connectivity index (χ3v) is 4.86. The van der Waals surface area contributed by atoms with Crippen LogP contribution in [-0.2, 0) is 19.1 Å². The number of rotatable bonds is 10. The topological polar surface area (TPSA) is 101 Å². The Kier molecular flexibility index (Phi) is 8.84. The van der Waals surface area contributed by atoms with E-state index in [1.54, 1.807) is 49.4 Å². The summed E-state index contributed by atoms with van der Waals surface area (Å²) in [6.07, 6.45) is 2.38. The van der Waals surface area contributed by atoms with Crippen molar-refractivity contribution in [2.75, 3.05) is 0 Å². The molecule has 8 nitrogen and oxygen atoms in total. The molecule has 0 amide bonds. The van der Waals surface area contributed by atoms with Crippen molar-refractivity contribution in [3.8, 4) is 39.9 Å². The summed E-state index contributed by atoms with van der Waals surface area (Å²) < 4.78 is 26.9. The number of hydrogen-bond acceptors (Lipinski definition) is 8. The quantitative estimate of drug-likeness (QED) is 0.130. The van der Waals surface area contributed by atoms with Crippen LogP contribution in [0.4, 0.5) is 0 Å². The zero-order chi connectivity index (χ0) is 27.8. The molecule has 0 atom stereocenters. The highest BCUT2D eigenvalue weighted by Gasteiger charge is 2.17. The predicted molar refractivity (Wildman–Crippen MR) is 141 cm³/mol.